The van der Waals surface area contributed by atoms with Crippen molar-refractivity contribution in [1.82, 2.24) is 14.2 Å². The van der Waals surface area contributed by atoms with Crippen LogP contribution in [0.2, 0.25) is 0 Å². The summed E-state index contributed by atoms with van der Waals surface area (Å²) >= 11 is 0. The van der Waals surface area contributed by atoms with Gasteiger partial charge < -0.3 is 9.88 Å². The van der Waals surface area contributed by atoms with Crippen LogP contribution in [0.3, 0.4) is 0 Å². The zero-order chi connectivity index (χ0) is 16.2. The van der Waals surface area contributed by atoms with Gasteiger partial charge in [0, 0.05) is 44.1 Å². The van der Waals surface area contributed by atoms with Gasteiger partial charge in [0.15, 0.2) is 0 Å². The third kappa shape index (κ3) is 4.43. The molecule has 0 radical (unpaired) electrons. The van der Waals surface area contributed by atoms with E-state index in [9.17, 15) is 8.42 Å². The SMILES string of the molecule is C=CCN(C)S(=O)(=O)c1cc(CNC(C)C)n(C(C)C)c1. The molecule has 5 nitrogen and oxygen atoms in total. The Bertz CT molecular complexity index is 574. The summed E-state index contributed by atoms with van der Waals surface area (Å²) in [6.07, 6.45) is 3.30. The Balaban J connectivity index is 3.15. The van der Waals surface area contributed by atoms with Gasteiger partial charge in [-0.3, -0.25) is 0 Å². The second-order valence-corrected chi connectivity index (χ2v) is 7.82. The topological polar surface area (TPSA) is 54.3 Å². The van der Waals surface area contributed by atoms with Gasteiger partial charge in [-0.05, 0) is 19.9 Å². The minimum atomic E-state index is -3.46. The number of hydrogen-bond acceptors (Lipinski definition) is 3. The fourth-order valence-corrected chi connectivity index (χ4v) is 3.22. The number of hydrogen-bond donors (Lipinski definition) is 1. The van der Waals surface area contributed by atoms with Crippen LogP contribution in [0.15, 0.2) is 29.8 Å². The van der Waals surface area contributed by atoms with Crippen LogP contribution in [-0.2, 0) is 16.6 Å². The van der Waals surface area contributed by atoms with E-state index in [1.807, 2.05) is 18.4 Å². The smallest absolute Gasteiger partial charge is 0.244 e. The molecule has 0 aliphatic heterocycles. The maximum Gasteiger partial charge on any atom is 0.244 e. The van der Waals surface area contributed by atoms with Crippen molar-refractivity contribution in [3.05, 3.63) is 30.6 Å². The van der Waals surface area contributed by atoms with Crippen LogP contribution in [0.5, 0.6) is 0 Å². The molecule has 0 bridgehead atoms. The Labute approximate surface area is 128 Å². The first-order chi connectivity index (χ1) is 9.70. The van der Waals surface area contributed by atoms with Gasteiger partial charge in [-0.2, -0.15) is 4.31 Å². The molecule has 0 saturated heterocycles. The van der Waals surface area contributed by atoms with Gasteiger partial charge in [0.25, 0.3) is 0 Å². The molecule has 21 heavy (non-hydrogen) atoms. The highest BCUT2D eigenvalue weighted by molar-refractivity contribution is 7.89. The molecule has 1 N–H and O–H groups in total. The number of likely N-dealkylation sites (N-methyl/N-ethyl adjacent to an activating group) is 1. The Hall–Kier alpha value is -1.11. The molecule has 0 amide bonds. The Kier molecular flexibility index (Phi) is 6.19. The summed E-state index contributed by atoms with van der Waals surface area (Å²) in [7, 11) is -1.90. The third-order valence-electron chi connectivity index (χ3n) is 3.25. The molecule has 1 aromatic rings. The summed E-state index contributed by atoms with van der Waals surface area (Å²) in [6.45, 7) is 12.8. The highest BCUT2D eigenvalue weighted by Crippen LogP contribution is 2.21. The van der Waals surface area contributed by atoms with Crippen molar-refractivity contribution in [2.45, 2.75) is 51.2 Å². The van der Waals surface area contributed by atoms with E-state index in [0.717, 1.165) is 5.69 Å². The van der Waals surface area contributed by atoms with E-state index in [4.69, 9.17) is 0 Å². The molecule has 0 unspecified atom stereocenters. The van der Waals surface area contributed by atoms with Crippen molar-refractivity contribution in [2.75, 3.05) is 13.6 Å². The number of nitrogens with one attached hydrogen (secondary N) is 1. The summed E-state index contributed by atoms with van der Waals surface area (Å²) in [4.78, 5) is 0.334. The highest BCUT2D eigenvalue weighted by Gasteiger charge is 2.23. The average Bonchev–Trinajstić information content (AvgIpc) is 2.81. The van der Waals surface area contributed by atoms with Crippen molar-refractivity contribution in [1.29, 1.82) is 0 Å². The first kappa shape index (κ1) is 17.9. The molecular weight excluding hydrogens is 286 g/mol. The predicted octanol–water partition coefficient (Wildman–Crippen LogP) is 2.37. The lowest BCUT2D eigenvalue weighted by atomic mass is 10.3. The lowest BCUT2D eigenvalue weighted by Gasteiger charge is -2.15. The van der Waals surface area contributed by atoms with Crippen LogP contribution < -0.4 is 5.32 Å². The zero-order valence-electron chi connectivity index (χ0n) is 13.6. The lowest BCUT2D eigenvalue weighted by molar-refractivity contribution is 0.498. The molecule has 0 atom stereocenters. The molecule has 0 aromatic carbocycles. The first-order valence-electron chi connectivity index (χ1n) is 7.21. The van der Waals surface area contributed by atoms with Gasteiger partial charge in [-0.25, -0.2) is 8.42 Å². The van der Waals surface area contributed by atoms with E-state index >= 15 is 0 Å². The maximum atomic E-state index is 12.5. The molecule has 1 aromatic heterocycles. The molecule has 120 valence electrons. The standard InChI is InChI=1S/C15H27N3O2S/c1-7-8-17(6)21(19,20)15-9-14(10-16-12(2)3)18(11-15)13(4)5/h7,9,11-13,16H,1,8,10H2,2-6H3. The van der Waals surface area contributed by atoms with E-state index in [1.54, 1.807) is 25.4 Å². The van der Waals surface area contributed by atoms with E-state index < -0.39 is 10.0 Å². The second kappa shape index (κ2) is 7.24. The molecule has 0 aliphatic carbocycles. The van der Waals surface area contributed by atoms with E-state index in [2.05, 4.69) is 25.7 Å². The fraction of sp³-hybridized carbons (Fsp3) is 0.600. The monoisotopic (exact) mass is 313 g/mol. The van der Waals surface area contributed by atoms with E-state index in [0.29, 0.717) is 24.0 Å². The van der Waals surface area contributed by atoms with Crippen LogP contribution >= 0.6 is 0 Å². The Morgan fingerprint density at radius 1 is 1.38 bits per heavy atom. The van der Waals surface area contributed by atoms with Crippen molar-refractivity contribution < 1.29 is 8.42 Å². The normalized spacial score (nSPS) is 12.6. The molecule has 0 spiro atoms. The molecule has 0 saturated carbocycles. The van der Waals surface area contributed by atoms with Crippen LogP contribution in [0, 0.1) is 0 Å². The molecular formula is C15H27N3O2S. The van der Waals surface area contributed by atoms with E-state index in [-0.39, 0.29) is 6.04 Å². The zero-order valence-corrected chi connectivity index (χ0v) is 14.4. The fourth-order valence-electron chi connectivity index (χ4n) is 2.03. The number of sulfonamides is 1. The summed E-state index contributed by atoms with van der Waals surface area (Å²) in [6, 6.07) is 2.32. The lowest BCUT2D eigenvalue weighted by Crippen LogP contribution is -2.26. The van der Waals surface area contributed by atoms with Gasteiger partial charge in [0.1, 0.15) is 4.90 Å². The van der Waals surface area contributed by atoms with Gasteiger partial charge in [0.2, 0.25) is 10.0 Å². The highest BCUT2D eigenvalue weighted by atomic mass is 32.2. The second-order valence-electron chi connectivity index (χ2n) is 5.78. The van der Waals surface area contributed by atoms with Crippen molar-refractivity contribution >= 4 is 10.0 Å². The molecule has 1 rings (SSSR count). The molecule has 1 heterocycles. The maximum absolute atomic E-state index is 12.5. The van der Waals surface area contributed by atoms with Crippen molar-refractivity contribution in [2.24, 2.45) is 0 Å². The van der Waals surface area contributed by atoms with Gasteiger partial charge in [-0.1, -0.05) is 19.9 Å². The van der Waals surface area contributed by atoms with Gasteiger partial charge >= 0.3 is 0 Å². The summed E-state index contributed by atoms with van der Waals surface area (Å²) in [5, 5.41) is 3.33. The van der Waals surface area contributed by atoms with Gasteiger partial charge in [0.05, 0.1) is 0 Å². The number of nitrogens with zero attached hydrogens (tertiary/aromatic N) is 2. The Morgan fingerprint density at radius 3 is 2.48 bits per heavy atom. The molecule has 0 fully saturated rings. The van der Waals surface area contributed by atoms with Crippen molar-refractivity contribution in [3.8, 4) is 0 Å². The average molecular weight is 313 g/mol. The molecule has 0 aliphatic rings. The van der Waals surface area contributed by atoms with Crippen molar-refractivity contribution in [3.63, 3.8) is 0 Å². The minimum absolute atomic E-state index is 0.211. The van der Waals surface area contributed by atoms with Crippen LogP contribution in [0.25, 0.3) is 0 Å². The predicted molar refractivity (Wildman–Crippen MR) is 86.8 cm³/mol. The largest absolute Gasteiger partial charge is 0.346 e. The van der Waals surface area contributed by atoms with Crippen LogP contribution in [0.1, 0.15) is 39.4 Å². The summed E-state index contributed by atoms with van der Waals surface area (Å²) in [5.74, 6) is 0. The third-order valence-corrected chi connectivity index (χ3v) is 5.04. The number of rotatable bonds is 8. The summed E-state index contributed by atoms with van der Waals surface area (Å²) < 4.78 is 28.3. The molecule has 6 heteroatoms. The van der Waals surface area contributed by atoms with E-state index in [1.165, 1.54) is 4.31 Å². The van der Waals surface area contributed by atoms with Crippen LogP contribution in [-0.4, -0.2) is 36.9 Å². The van der Waals surface area contributed by atoms with Crippen LogP contribution in [0.4, 0.5) is 0 Å². The summed E-state index contributed by atoms with van der Waals surface area (Å²) in [5.41, 5.74) is 0.976. The Morgan fingerprint density at radius 2 is 2.00 bits per heavy atom. The minimum Gasteiger partial charge on any atom is -0.346 e. The van der Waals surface area contributed by atoms with Gasteiger partial charge in [-0.15, -0.1) is 6.58 Å². The first-order valence-corrected chi connectivity index (χ1v) is 8.65. The number of aromatic nitrogens is 1. The quantitative estimate of drug-likeness (QED) is 0.750.